The Morgan fingerprint density at radius 3 is 2.24 bits per heavy atom. The van der Waals surface area contributed by atoms with Gasteiger partial charge in [-0.2, -0.15) is 0 Å². The highest BCUT2D eigenvalue weighted by molar-refractivity contribution is 6.34. The van der Waals surface area contributed by atoms with Crippen molar-refractivity contribution in [3.05, 3.63) is 64.2 Å². The maximum Gasteiger partial charge on any atom is 0.408 e. The number of carbonyl (C=O) groups is 3. The van der Waals surface area contributed by atoms with E-state index >= 15 is 0 Å². The van der Waals surface area contributed by atoms with Crippen LogP contribution in [0, 0.1) is 19.8 Å². The summed E-state index contributed by atoms with van der Waals surface area (Å²) in [6.45, 7) is 12.2. The number of aliphatic hydroxyl groups excluding tert-OH is 1. The molecule has 2 rings (SSSR count). The lowest BCUT2D eigenvalue weighted by Crippen LogP contribution is -2.55. The van der Waals surface area contributed by atoms with Gasteiger partial charge in [-0.15, -0.1) is 0 Å². The van der Waals surface area contributed by atoms with Crippen molar-refractivity contribution in [2.45, 2.75) is 72.6 Å². The molecule has 38 heavy (non-hydrogen) atoms. The SMILES string of the molecule is CCC(C)C(NC(=O)OC(C)(C)C)C(=O)N(CCO)C(C(=O)Nc1c(C)cccc1Cl)c1ccc(C)cc1. The third kappa shape index (κ3) is 8.46. The van der Waals surface area contributed by atoms with Gasteiger partial charge in [-0.05, 0) is 57.7 Å². The number of amides is 3. The highest BCUT2D eigenvalue weighted by Gasteiger charge is 2.38. The third-order valence-electron chi connectivity index (χ3n) is 6.20. The molecule has 0 aromatic heterocycles. The number of nitrogens with one attached hydrogen (secondary N) is 2. The number of anilines is 1. The Morgan fingerprint density at radius 1 is 1.08 bits per heavy atom. The van der Waals surface area contributed by atoms with Crippen LogP contribution in [0.3, 0.4) is 0 Å². The molecule has 0 aliphatic carbocycles. The average Bonchev–Trinajstić information content (AvgIpc) is 2.83. The van der Waals surface area contributed by atoms with Crippen LogP contribution in [0.5, 0.6) is 0 Å². The molecule has 208 valence electrons. The number of hydrogen-bond acceptors (Lipinski definition) is 5. The lowest BCUT2D eigenvalue weighted by Gasteiger charge is -2.35. The zero-order valence-corrected chi connectivity index (χ0v) is 24.1. The molecule has 0 aliphatic heterocycles. The molecule has 0 aliphatic rings. The van der Waals surface area contributed by atoms with Crippen molar-refractivity contribution < 1.29 is 24.2 Å². The molecule has 0 saturated heterocycles. The Morgan fingerprint density at radius 2 is 1.71 bits per heavy atom. The molecule has 0 radical (unpaired) electrons. The van der Waals surface area contributed by atoms with E-state index in [-0.39, 0.29) is 19.1 Å². The molecule has 3 N–H and O–H groups in total. The lowest BCUT2D eigenvalue weighted by molar-refractivity contribution is -0.142. The van der Waals surface area contributed by atoms with Gasteiger partial charge in [0.05, 0.1) is 17.3 Å². The van der Waals surface area contributed by atoms with Crippen molar-refractivity contribution in [2.24, 2.45) is 5.92 Å². The second-order valence-electron chi connectivity index (χ2n) is 10.5. The summed E-state index contributed by atoms with van der Waals surface area (Å²) >= 11 is 6.37. The molecule has 2 aromatic carbocycles. The molecular weight excluding hydrogens is 506 g/mol. The number of rotatable bonds is 10. The lowest BCUT2D eigenvalue weighted by atomic mass is 9.95. The van der Waals surface area contributed by atoms with Crippen LogP contribution in [0.25, 0.3) is 0 Å². The number of aryl methyl sites for hydroxylation is 2. The summed E-state index contributed by atoms with van der Waals surface area (Å²) in [5.74, 6) is -1.27. The number of halogens is 1. The Kier molecular flexibility index (Phi) is 11.2. The summed E-state index contributed by atoms with van der Waals surface area (Å²) in [7, 11) is 0. The van der Waals surface area contributed by atoms with Gasteiger partial charge in [0.15, 0.2) is 0 Å². The zero-order chi connectivity index (χ0) is 28.6. The van der Waals surface area contributed by atoms with Crippen LogP contribution < -0.4 is 10.6 Å². The van der Waals surface area contributed by atoms with E-state index in [4.69, 9.17) is 16.3 Å². The first-order valence-electron chi connectivity index (χ1n) is 12.8. The van der Waals surface area contributed by atoms with E-state index in [1.54, 1.807) is 45.0 Å². The van der Waals surface area contributed by atoms with Crippen molar-refractivity contribution in [3.8, 4) is 0 Å². The Bertz CT molecular complexity index is 1090. The molecule has 0 fully saturated rings. The minimum absolute atomic E-state index is 0.130. The maximum atomic E-state index is 14.0. The zero-order valence-electron chi connectivity index (χ0n) is 23.3. The number of para-hydroxylation sites is 1. The van der Waals surface area contributed by atoms with Gasteiger partial charge in [0.1, 0.15) is 17.7 Å². The van der Waals surface area contributed by atoms with Crippen LogP contribution in [0.1, 0.15) is 63.8 Å². The number of carbonyl (C=O) groups excluding carboxylic acids is 3. The van der Waals surface area contributed by atoms with E-state index in [9.17, 15) is 19.5 Å². The van der Waals surface area contributed by atoms with Gasteiger partial charge in [-0.1, -0.05) is 73.8 Å². The van der Waals surface area contributed by atoms with E-state index in [0.29, 0.717) is 22.7 Å². The van der Waals surface area contributed by atoms with E-state index in [0.717, 1.165) is 11.1 Å². The molecule has 3 amide bonds. The van der Waals surface area contributed by atoms with E-state index < -0.39 is 35.6 Å². The Labute approximate surface area is 230 Å². The van der Waals surface area contributed by atoms with Gasteiger partial charge >= 0.3 is 6.09 Å². The average molecular weight is 546 g/mol. The molecule has 9 heteroatoms. The van der Waals surface area contributed by atoms with Crippen molar-refractivity contribution in [1.82, 2.24) is 10.2 Å². The smallest absolute Gasteiger partial charge is 0.408 e. The first kappa shape index (κ1) is 31.1. The number of hydrogen-bond donors (Lipinski definition) is 3. The molecule has 3 unspecified atom stereocenters. The molecule has 8 nitrogen and oxygen atoms in total. The van der Waals surface area contributed by atoms with Crippen molar-refractivity contribution >= 4 is 35.2 Å². The largest absolute Gasteiger partial charge is 0.444 e. The van der Waals surface area contributed by atoms with Gasteiger partial charge in [-0.25, -0.2) is 4.79 Å². The summed E-state index contributed by atoms with van der Waals surface area (Å²) in [4.78, 5) is 41.8. The number of benzene rings is 2. The number of nitrogens with zero attached hydrogens (tertiary/aromatic N) is 1. The second kappa shape index (κ2) is 13.6. The maximum absolute atomic E-state index is 14.0. The molecular formula is C29H40ClN3O5. The highest BCUT2D eigenvalue weighted by atomic mass is 35.5. The monoisotopic (exact) mass is 545 g/mol. The fraction of sp³-hybridized carbons (Fsp3) is 0.483. The molecule has 0 saturated carbocycles. The number of ether oxygens (including phenoxy) is 1. The van der Waals surface area contributed by atoms with Crippen LogP contribution in [-0.2, 0) is 14.3 Å². The molecule has 3 atom stereocenters. The Hall–Kier alpha value is -3.10. The van der Waals surface area contributed by atoms with Crippen LogP contribution in [0.4, 0.5) is 10.5 Å². The molecule has 2 aromatic rings. The van der Waals surface area contributed by atoms with E-state index in [1.807, 2.05) is 45.9 Å². The van der Waals surface area contributed by atoms with Gasteiger partial charge < -0.3 is 25.4 Å². The summed E-state index contributed by atoms with van der Waals surface area (Å²) in [5.41, 5.74) is 1.99. The summed E-state index contributed by atoms with van der Waals surface area (Å²) in [5, 5.41) is 15.9. The molecule has 0 bridgehead atoms. The van der Waals surface area contributed by atoms with Crippen LogP contribution in [0.15, 0.2) is 42.5 Å². The predicted octanol–water partition coefficient (Wildman–Crippen LogP) is 5.40. The summed E-state index contributed by atoms with van der Waals surface area (Å²) in [6.07, 6.45) is -0.150. The number of aliphatic hydroxyl groups is 1. The first-order valence-corrected chi connectivity index (χ1v) is 13.2. The van der Waals surface area contributed by atoms with Crippen molar-refractivity contribution in [1.29, 1.82) is 0 Å². The minimum atomic E-state index is -1.10. The molecule has 0 heterocycles. The highest BCUT2D eigenvalue weighted by Crippen LogP contribution is 2.30. The van der Waals surface area contributed by atoms with Crippen molar-refractivity contribution in [2.75, 3.05) is 18.5 Å². The summed E-state index contributed by atoms with van der Waals surface area (Å²) in [6, 6.07) is 10.4. The normalized spacial score (nSPS) is 13.7. The second-order valence-corrected chi connectivity index (χ2v) is 10.9. The van der Waals surface area contributed by atoms with Crippen LogP contribution in [0.2, 0.25) is 5.02 Å². The minimum Gasteiger partial charge on any atom is -0.444 e. The third-order valence-corrected chi connectivity index (χ3v) is 6.51. The van der Waals surface area contributed by atoms with Crippen LogP contribution >= 0.6 is 11.6 Å². The first-order chi connectivity index (χ1) is 17.8. The molecule has 0 spiro atoms. The fourth-order valence-corrected chi connectivity index (χ4v) is 4.24. The van der Waals surface area contributed by atoms with E-state index in [1.165, 1.54) is 4.90 Å². The quantitative estimate of drug-likeness (QED) is 0.370. The summed E-state index contributed by atoms with van der Waals surface area (Å²) < 4.78 is 5.40. The van der Waals surface area contributed by atoms with Crippen molar-refractivity contribution in [3.63, 3.8) is 0 Å². The standard InChI is InChI=1S/C29H40ClN3O5/c1-8-19(3)24(32-28(37)38-29(5,6)7)27(36)33(16-17-34)25(21-14-12-18(2)13-15-21)26(35)31-23-20(4)10-9-11-22(23)30/h9-15,19,24-25,34H,8,16-17H2,1-7H3,(H,31,35)(H,32,37). The number of alkyl carbamates (subject to hydrolysis) is 1. The Balaban J connectivity index is 2.55. The fourth-order valence-electron chi connectivity index (χ4n) is 3.97. The van der Waals surface area contributed by atoms with Gasteiger partial charge in [0.25, 0.3) is 5.91 Å². The predicted molar refractivity (Wildman–Crippen MR) is 150 cm³/mol. The van der Waals surface area contributed by atoms with E-state index in [2.05, 4.69) is 10.6 Å². The van der Waals surface area contributed by atoms with Crippen LogP contribution in [-0.4, -0.2) is 52.7 Å². The van der Waals surface area contributed by atoms with Gasteiger partial charge in [-0.3, -0.25) is 9.59 Å². The topological polar surface area (TPSA) is 108 Å². The van der Waals surface area contributed by atoms with Gasteiger partial charge in [0, 0.05) is 6.54 Å². The van der Waals surface area contributed by atoms with Gasteiger partial charge in [0.2, 0.25) is 5.91 Å².